The summed E-state index contributed by atoms with van der Waals surface area (Å²) in [6.07, 6.45) is 3.06. The van der Waals surface area contributed by atoms with Gasteiger partial charge >= 0.3 is 6.41 Å². The largest absolute Gasteiger partial charge is 0.345 e. The lowest BCUT2D eigenvalue weighted by molar-refractivity contribution is 0.392. The third-order valence-corrected chi connectivity index (χ3v) is 0.960. The smallest absolute Gasteiger partial charge is 0.312 e. The van der Waals surface area contributed by atoms with Crippen LogP contribution in [0.5, 0.6) is 0 Å². The van der Waals surface area contributed by atoms with Gasteiger partial charge in [-0.15, -0.1) is 5.10 Å². The molecule has 0 spiro atoms. The molecule has 1 heterocycles. The Morgan fingerprint density at radius 1 is 1.90 bits per heavy atom. The van der Waals surface area contributed by atoms with E-state index in [1.165, 1.54) is 11.2 Å². The lowest BCUT2D eigenvalue weighted by Gasteiger charge is -2.03. The molecule has 0 atom stereocenters. The molecule has 0 saturated carbocycles. The van der Waals surface area contributed by atoms with Gasteiger partial charge in [-0.1, -0.05) is 0 Å². The minimum absolute atomic E-state index is 0.382. The normalized spacial score (nSPS) is 9.30. The Morgan fingerprint density at radius 3 is 3.20 bits per heavy atom. The van der Waals surface area contributed by atoms with E-state index in [1.807, 2.05) is 0 Å². The molecule has 0 saturated heterocycles. The molecule has 0 aliphatic rings. The van der Waals surface area contributed by atoms with E-state index in [0.717, 1.165) is 0 Å². The molecule has 5 heteroatoms. The van der Waals surface area contributed by atoms with Gasteiger partial charge in [-0.2, -0.15) is 0 Å². The average molecular weight is 140 g/mol. The van der Waals surface area contributed by atoms with Gasteiger partial charge in [0.2, 0.25) is 0 Å². The van der Waals surface area contributed by atoms with Crippen molar-refractivity contribution in [3.8, 4) is 0 Å². The van der Waals surface area contributed by atoms with Crippen LogP contribution >= 0.6 is 0 Å². The van der Waals surface area contributed by atoms with Gasteiger partial charge in [0.05, 0.1) is 6.54 Å². The lowest BCUT2D eigenvalue weighted by atomic mass is 10.5. The van der Waals surface area contributed by atoms with E-state index >= 15 is 0 Å². The number of amides is 1. The van der Waals surface area contributed by atoms with Gasteiger partial charge in [0.25, 0.3) is 0 Å². The third-order valence-electron chi connectivity index (χ3n) is 0.960. The summed E-state index contributed by atoms with van der Waals surface area (Å²) in [4.78, 5) is 11.3. The number of hydrogen-bond acceptors (Lipinski definition) is 4. The highest BCUT2D eigenvalue weighted by Gasteiger charge is 2.00. The summed E-state index contributed by atoms with van der Waals surface area (Å²) in [5.74, 6) is 0. The third kappa shape index (κ3) is 1.54. The maximum absolute atomic E-state index is 9.95. The molecule has 0 fully saturated rings. The Balaban J connectivity index is 2.47. The molecule has 1 aromatic heterocycles. The van der Waals surface area contributed by atoms with Gasteiger partial charge in [-0.25, -0.2) is 0 Å². The van der Waals surface area contributed by atoms with Crippen LogP contribution in [0.3, 0.4) is 0 Å². The van der Waals surface area contributed by atoms with Crippen LogP contribution in [0.2, 0.25) is 0 Å². The van der Waals surface area contributed by atoms with Crippen LogP contribution in [0.1, 0.15) is 5.69 Å². The van der Waals surface area contributed by atoms with E-state index in [2.05, 4.69) is 14.9 Å². The Labute approximate surface area is 57.6 Å². The second-order valence-corrected chi connectivity index (χ2v) is 1.84. The van der Waals surface area contributed by atoms with Gasteiger partial charge in [0, 0.05) is 12.3 Å². The van der Waals surface area contributed by atoms with Gasteiger partial charge in [0.1, 0.15) is 12.0 Å². The molecular weight excluding hydrogens is 134 g/mol. The first kappa shape index (κ1) is 6.73. The molecular formula is C5H6N3O2. The van der Waals surface area contributed by atoms with Crippen molar-refractivity contribution in [1.29, 1.82) is 0 Å². The van der Waals surface area contributed by atoms with Crippen LogP contribution in [-0.2, 0) is 11.3 Å². The zero-order valence-corrected chi connectivity index (χ0v) is 5.44. The quantitative estimate of drug-likeness (QED) is 0.534. The molecule has 1 radical (unpaired) electrons. The van der Waals surface area contributed by atoms with E-state index in [4.69, 9.17) is 0 Å². The van der Waals surface area contributed by atoms with Crippen molar-refractivity contribution in [3.05, 3.63) is 12.0 Å². The molecule has 10 heavy (non-hydrogen) atoms. The molecule has 1 amide bonds. The van der Waals surface area contributed by atoms with Crippen LogP contribution in [0.25, 0.3) is 0 Å². The number of carbonyl (C=O) groups excluding carboxylic acids is 1. The first-order chi connectivity index (χ1) is 4.83. The lowest BCUT2D eigenvalue weighted by Crippen LogP contribution is -2.14. The Hall–Kier alpha value is -1.39. The molecule has 0 aliphatic heterocycles. The summed E-state index contributed by atoms with van der Waals surface area (Å²) in [5, 5.41) is 6.79. The second-order valence-electron chi connectivity index (χ2n) is 1.84. The topological polar surface area (TPSA) is 59.2 Å². The molecule has 5 nitrogen and oxygen atoms in total. The summed E-state index contributed by atoms with van der Waals surface area (Å²) in [6, 6.07) is 0. The number of nitrogens with zero attached hydrogens (tertiary/aromatic N) is 3. The predicted octanol–water partition coefficient (Wildman–Crippen LogP) is -0.431. The standard InChI is InChI=1S/C5H6N3O2/c1-8(4-9)2-5-3-10-7-6-5/h3H,2H2,1H3. The zero-order chi connectivity index (χ0) is 7.40. The van der Waals surface area contributed by atoms with Crippen LogP contribution in [0.15, 0.2) is 10.8 Å². The molecule has 53 valence electrons. The van der Waals surface area contributed by atoms with Crippen LogP contribution in [0.4, 0.5) is 0 Å². The summed E-state index contributed by atoms with van der Waals surface area (Å²) in [7, 11) is 1.60. The predicted molar refractivity (Wildman–Crippen MR) is 31.5 cm³/mol. The fraction of sp³-hybridized carbons (Fsp3) is 0.400. The van der Waals surface area contributed by atoms with Crippen LogP contribution in [0, 0.1) is 0 Å². The second kappa shape index (κ2) is 2.95. The highest BCUT2D eigenvalue weighted by Crippen LogP contribution is 1.93. The zero-order valence-electron chi connectivity index (χ0n) is 5.44. The molecule has 1 rings (SSSR count). The highest BCUT2D eigenvalue weighted by molar-refractivity contribution is 5.47. The fourth-order valence-electron chi connectivity index (χ4n) is 0.528. The molecule has 0 aliphatic carbocycles. The summed E-state index contributed by atoms with van der Waals surface area (Å²) in [5.41, 5.74) is 0.617. The van der Waals surface area contributed by atoms with E-state index in [1.54, 1.807) is 13.5 Å². The van der Waals surface area contributed by atoms with Gasteiger partial charge in [-0.3, -0.25) is 4.79 Å². The first-order valence-electron chi connectivity index (χ1n) is 2.68. The average Bonchev–Trinajstić information content (AvgIpc) is 2.40. The molecule has 1 aromatic rings. The van der Waals surface area contributed by atoms with Crippen LogP contribution in [-0.4, -0.2) is 28.7 Å². The fourth-order valence-corrected chi connectivity index (χ4v) is 0.528. The van der Waals surface area contributed by atoms with Crippen LogP contribution < -0.4 is 0 Å². The van der Waals surface area contributed by atoms with E-state index in [9.17, 15) is 4.79 Å². The molecule has 0 aromatic carbocycles. The summed E-state index contributed by atoms with van der Waals surface area (Å²) >= 11 is 0. The van der Waals surface area contributed by atoms with Gasteiger partial charge < -0.3 is 9.42 Å². The first-order valence-corrected chi connectivity index (χ1v) is 2.68. The van der Waals surface area contributed by atoms with Crippen molar-refractivity contribution >= 4 is 6.41 Å². The monoisotopic (exact) mass is 140 g/mol. The minimum atomic E-state index is 0.382. The van der Waals surface area contributed by atoms with E-state index < -0.39 is 0 Å². The van der Waals surface area contributed by atoms with Gasteiger partial charge in [0.15, 0.2) is 0 Å². The van der Waals surface area contributed by atoms with Crippen molar-refractivity contribution in [1.82, 2.24) is 15.3 Å². The highest BCUT2D eigenvalue weighted by atomic mass is 16.5. The SMILES string of the molecule is CN([C]=O)Cc1conn1. The Morgan fingerprint density at radius 2 is 2.70 bits per heavy atom. The van der Waals surface area contributed by atoms with E-state index in [-0.39, 0.29) is 0 Å². The Kier molecular flexibility index (Phi) is 1.99. The maximum Gasteiger partial charge on any atom is 0.312 e. The van der Waals surface area contributed by atoms with Crippen molar-refractivity contribution in [2.45, 2.75) is 6.54 Å². The number of rotatable bonds is 3. The molecule has 0 unspecified atom stereocenters. The summed E-state index contributed by atoms with van der Waals surface area (Å²) < 4.78 is 4.44. The number of aromatic nitrogens is 2. The van der Waals surface area contributed by atoms with Crippen molar-refractivity contribution in [2.75, 3.05) is 7.05 Å². The van der Waals surface area contributed by atoms with Crippen molar-refractivity contribution in [2.24, 2.45) is 0 Å². The maximum atomic E-state index is 9.95. The van der Waals surface area contributed by atoms with Crippen molar-refractivity contribution in [3.63, 3.8) is 0 Å². The molecule has 0 bridgehead atoms. The van der Waals surface area contributed by atoms with Gasteiger partial charge in [-0.05, 0) is 0 Å². The summed E-state index contributed by atoms with van der Waals surface area (Å²) in [6.45, 7) is 0.382. The number of hydrogen-bond donors (Lipinski definition) is 0. The van der Waals surface area contributed by atoms with E-state index in [0.29, 0.717) is 12.2 Å². The minimum Gasteiger partial charge on any atom is -0.345 e. The Bertz CT molecular complexity index is 197. The molecule has 0 N–H and O–H groups in total. The van der Waals surface area contributed by atoms with Crippen molar-refractivity contribution < 1.29 is 9.32 Å².